The van der Waals surface area contributed by atoms with Gasteiger partial charge in [-0.15, -0.1) is 0 Å². The summed E-state index contributed by atoms with van der Waals surface area (Å²) < 4.78 is 6.60. The predicted molar refractivity (Wildman–Crippen MR) is 94.5 cm³/mol. The zero-order chi connectivity index (χ0) is 19.1. The molecule has 1 N–H and O–H groups in total. The quantitative estimate of drug-likeness (QED) is 0.390. The molecule has 9 nitrogen and oxygen atoms in total. The van der Waals surface area contributed by atoms with Crippen LogP contribution in [-0.4, -0.2) is 23.0 Å². The van der Waals surface area contributed by atoms with Gasteiger partial charge in [0.1, 0.15) is 17.8 Å². The number of hydrogen-bond donors (Lipinski definition) is 1. The van der Waals surface area contributed by atoms with Crippen LogP contribution >= 0.6 is 0 Å². The van der Waals surface area contributed by atoms with E-state index >= 15 is 0 Å². The molecule has 0 bridgehead atoms. The molecule has 0 unspecified atom stereocenters. The molecule has 0 aliphatic carbocycles. The van der Waals surface area contributed by atoms with Crippen molar-refractivity contribution in [3.05, 3.63) is 51.9 Å². The van der Waals surface area contributed by atoms with Crippen LogP contribution in [0, 0.1) is 15.3 Å². The molecule has 9 heteroatoms. The summed E-state index contributed by atoms with van der Waals surface area (Å²) in [5, 5.41) is 26.1. The SMILES string of the molecule is CC(=O)Nc1cc2c(cc1[N+](=O)[O-])OC(C)(C)CN2c1cccc[n+]1[O-]. The van der Waals surface area contributed by atoms with Crippen LogP contribution in [-0.2, 0) is 4.79 Å². The Bertz CT molecular complexity index is 897. The number of nitrogens with one attached hydrogen (secondary N) is 1. The zero-order valence-electron chi connectivity index (χ0n) is 14.6. The van der Waals surface area contributed by atoms with Gasteiger partial charge in [-0.3, -0.25) is 14.9 Å². The fourth-order valence-corrected chi connectivity index (χ4v) is 2.92. The Morgan fingerprint density at radius 2 is 2.12 bits per heavy atom. The van der Waals surface area contributed by atoms with Crippen molar-refractivity contribution in [2.24, 2.45) is 0 Å². The minimum absolute atomic E-state index is 0.0444. The number of anilines is 3. The van der Waals surface area contributed by atoms with E-state index in [-0.39, 0.29) is 17.1 Å². The third-order valence-electron chi connectivity index (χ3n) is 3.88. The van der Waals surface area contributed by atoms with Crippen LogP contribution < -0.4 is 19.7 Å². The largest absolute Gasteiger partial charge is 0.711 e. The monoisotopic (exact) mass is 358 g/mol. The van der Waals surface area contributed by atoms with Gasteiger partial charge >= 0.3 is 0 Å². The highest BCUT2D eigenvalue weighted by atomic mass is 16.6. The van der Waals surface area contributed by atoms with Crippen LogP contribution in [0.25, 0.3) is 0 Å². The van der Waals surface area contributed by atoms with Crippen LogP contribution in [0.5, 0.6) is 5.75 Å². The summed E-state index contributed by atoms with van der Waals surface area (Å²) in [7, 11) is 0. The minimum Gasteiger partial charge on any atom is -0.711 e. The number of ether oxygens (including phenoxy) is 1. The Labute approximate surface area is 149 Å². The minimum atomic E-state index is -0.681. The van der Waals surface area contributed by atoms with Crippen molar-refractivity contribution in [1.29, 1.82) is 0 Å². The van der Waals surface area contributed by atoms with Crippen molar-refractivity contribution in [2.45, 2.75) is 26.4 Å². The normalized spacial score (nSPS) is 15.0. The lowest BCUT2D eigenvalue weighted by Gasteiger charge is -2.36. The molecular weight excluding hydrogens is 340 g/mol. The third-order valence-corrected chi connectivity index (χ3v) is 3.88. The van der Waals surface area contributed by atoms with E-state index in [0.717, 1.165) is 0 Å². The second-order valence-corrected chi connectivity index (χ2v) is 6.61. The Hall–Kier alpha value is -3.36. The van der Waals surface area contributed by atoms with Gasteiger partial charge in [-0.05, 0) is 19.9 Å². The van der Waals surface area contributed by atoms with E-state index in [9.17, 15) is 20.1 Å². The maximum absolute atomic E-state index is 12.2. The van der Waals surface area contributed by atoms with Crippen LogP contribution in [0.3, 0.4) is 0 Å². The van der Waals surface area contributed by atoms with Gasteiger partial charge < -0.3 is 15.3 Å². The zero-order valence-corrected chi connectivity index (χ0v) is 14.6. The predicted octanol–water partition coefficient (Wildman–Crippen LogP) is 2.50. The van der Waals surface area contributed by atoms with Gasteiger partial charge in [0, 0.05) is 19.1 Å². The van der Waals surface area contributed by atoms with Crippen LogP contribution in [0.1, 0.15) is 20.8 Å². The molecule has 136 valence electrons. The molecule has 26 heavy (non-hydrogen) atoms. The summed E-state index contributed by atoms with van der Waals surface area (Å²) in [6.07, 6.45) is 1.37. The molecule has 1 aromatic heterocycles. The maximum atomic E-state index is 12.2. The second kappa shape index (κ2) is 6.17. The van der Waals surface area contributed by atoms with Gasteiger partial charge in [0.05, 0.1) is 17.2 Å². The first-order chi connectivity index (χ1) is 12.2. The molecule has 1 aliphatic heterocycles. The van der Waals surface area contributed by atoms with Crippen molar-refractivity contribution in [1.82, 2.24) is 0 Å². The molecular formula is C17H18N4O5. The number of carbonyl (C=O) groups is 1. The fraction of sp³-hybridized carbons (Fsp3) is 0.294. The number of nitro benzene ring substituents is 1. The Kier molecular flexibility index (Phi) is 4.15. The number of amides is 1. The van der Waals surface area contributed by atoms with Gasteiger partial charge in [0.2, 0.25) is 5.91 Å². The number of nitrogens with zero attached hydrogens (tertiary/aromatic N) is 3. The lowest BCUT2D eigenvalue weighted by molar-refractivity contribution is -0.592. The molecule has 0 saturated heterocycles. The molecule has 0 spiro atoms. The number of nitro groups is 1. The first kappa shape index (κ1) is 17.5. The summed E-state index contributed by atoms with van der Waals surface area (Å²) in [6.45, 7) is 5.27. The summed E-state index contributed by atoms with van der Waals surface area (Å²) in [5.41, 5.74) is -0.448. The van der Waals surface area contributed by atoms with Gasteiger partial charge in [-0.25, -0.2) is 9.63 Å². The summed E-state index contributed by atoms with van der Waals surface area (Å²) in [5.74, 6) is 0.189. The average molecular weight is 358 g/mol. The van der Waals surface area contributed by atoms with Crippen LogP contribution in [0.15, 0.2) is 36.5 Å². The summed E-state index contributed by atoms with van der Waals surface area (Å²) in [6, 6.07) is 7.72. The van der Waals surface area contributed by atoms with E-state index in [1.54, 1.807) is 23.1 Å². The van der Waals surface area contributed by atoms with E-state index in [4.69, 9.17) is 4.74 Å². The number of hydrogen-bond acceptors (Lipinski definition) is 6. The van der Waals surface area contributed by atoms with E-state index in [1.807, 2.05) is 13.8 Å². The molecule has 1 aliphatic rings. The number of pyridine rings is 1. The van der Waals surface area contributed by atoms with E-state index < -0.39 is 16.4 Å². The molecule has 3 rings (SSSR count). The van der Waals surface area contributed by atoms with Crippen molar-refractivity contribution in [2.75, 3.05) is 16.8 Å². The van der Waals surface area contributed by atoms with Gasteiger partial charge in [-0.2, -0.15) is 0 Å². The smallest absolute Gasteiger partial charge is 0.296 e. The first-order valence-electron chi connectivity index (χ1n) is 7.93. The summed E-state index contributed by atoms with van der Waals surface area (Å²) in [4.78, 5) is 24.0. The molecule has 0 atom stereocenters. The van der Waals surface area contributed by atoms with Gasteiger partial charge in [0.25, 0.3) is 11.5 Å². The number of benzene rings is 1. The Morgan fingerprint density at radius 1 is 1.38 bits per heavy atom. The highest BCUT2D eigenvalue weighted by Crippen LogP contribution is 2.45. The molecule has 2 heterocycles. The fourth-order valence-electron chi connectivity index (χ4n) is 2.92. The number of aromatic nitrogens is 1. The number of carbonyl (C=O) groups excluding carboxylic acids is 1. The highest BCUT2D eigenvalue weighted by Gasteiger charge is 2.40. The van der Waals surface area contributed by atoms with E-state index in [1.165, 1.54) is 25.3 Å². The Morgan fingerprint density at radius 3 is 2.73 bits per heavy atom. The average Bonchev–Trinajstić information content (AvgIpc) is 2.53. The van der Waals surface area contributed by atoms with Crippen molar-refractivity contribution < 1.29 is 19.2 Å². The lowest BCUT2D eigenvalue weighted by Crippen LogP contribution is -2.48. The lowest BCUT2D eigenvalue weighted by atomic mass is 10.0. The number of rotatable bonds is 3. The van der Waals surface area contributed by atoms with Crippen molar-refractivity contribution in [3.63, 3.8) is 0 Å². The first-order valence-corrected chi connectivity index (χ1v) is 7.93. The Balaban J connectivity index is 2.21. The van der Waals surface area contributed by atoms with Crippen molar-refractivity contribution in [3.8, 4) is 5.75 Å². The molecule has 0 radical (unpaired) electrons. The van der Waals surface area contributed by atoms with Gasteiger partial charge in [0.15, 0.2) is 11.4 Å². The molecule has 0 fully saturated rings. The summed E-state index contributed by atoms with van der Waals surface area (Å²) >= 11 is 0. The molecule has 2 aromatic rings. The molecule has 0 saturated carbocycles. The molecule has 1 amide bonds. The topological polar surface area (TPSA) is 112 Å². The number of fused-ring (bicyclic) bond motifs is 1. The third kappa shape index (κ3) is 3.23. The second-order valence-electron chi connectivity index (χ2n) is 6.61. The maximum Gasteiger partial charge on any atom is 0.296 e. The van der Waals surface area contributed by atoms with Gasteiger partial charge in [-0.1, -0.05) is 6.07 Å². The standard InChI is InChI=1S/C17H18N4O5/c1-11(22)18-12-8-14-15(9-13(12)21(24)25)26-17(2,3)10-19(14)16-6-4-5-7-20(16)23/h4-9H,10H2,1-3H3,(H,18,22). The van der Waals surface area contributed by atoms with Crippen LogP contribution in [0.2, 0.25) is 0 Å². The van der Waals surface area contributed by atoms with E-state index in [0.29, 0.717) is 22.8 Å². The van der Waals surface area contributed by atoms with E-state index in [2.05, 4.69) is 5.32 Å². The molecule has 1 aromatic carbocycles. The van der Waals surface area contributed by atoms with Crippen LogP contribution in [0.4, 0.5) is 22.9 Å². The highest BCUT2D eigenvalue weighted by molar-refractivity contribution is 5.93. The van der Waals surface area contributed by atoms with Crippen molar-refractivity contribution >= 4 is 28.8 Å².